The standard InChI is InChI=1S/C12H25FN2/c1-11(2,3)10-8-14-12(4,5)9-15(10)7-6-13/h10,14H,6-9H2,1-5H3. The molecular formula is C12H25FN2. The first-order valence-electron chi connectivity index (χ1n) is 5.81. The summed E-state index contributed by atoms with van der Waals surface area (Å²) >= 11 is 0. The third-order valence-corrected chi connectivity index (χ3v) is 3.18. The van der Waals surface area contributed by atoms with E-state index in [4.69, 9.17) is 0 Å². The van der Waals surface area contributed by atoms with Crippen LogP contribution in [0.3, 0.4) is 0 Å². The predicted molar refractivity (Wildman–Crippen MR) is 62.9 cm³/mol. The smallest absolute Gasteiger partial charge is 0.102 e. The summed E-state index contributed by atoms with van der Waals surface area (Å²) in [7, 11) is 0. The molecule has 1 heterocycles. The van der Waals surface area contributed by atoms with Crippen molar-refractivity contribution < 1.29 is 4.39 Å². The second kappa shape index (κ2) is 4.38. The van der Waals surface area contributed by atoms with Gasteiger partial charge >= 0.3 is 0 Å². The first-order chi connectivity index (χ1) is 6.76. The van der Waals surface area contributed by atoms with Gasteiger partial charge in [-0.3, -0.25) is 4.90 Å². The summed E-state index contributed by atoms with van der Waals surface area (Å²) in [5.41, 5.74) is 0.315. The highest BCUT2D eigenvalue weighted by Crippen LogP contribution is 2.28. The van der Waals surface area contributed by atoms with Crippen LogP contribution in [-0.4, -0.2) is 42.8 Å². The molecule has 0 radical (unpaired) electrons. The van der Waals surface area contributed by atoms with E-state index in [-0.39, 0.29) is 17.6 Å². The summed E-state index contributed by atoms with van der Waals surface area (Å²) in [5, 5.41) is 3.54. The van der Waals surface area contributed by atoms with Gasteiger partial charge in [0.05, 0.1) is 0 Å². The summed E-state index contributed by atoms with van der Waals surface area (Å²) in [6.45, 7) is 13.2. The minimum absolute atomic E-state index is 0.108. The fraction of sp³-hybridized carbons (Fsp3) is 1.00. The highest BCUT2D eigenvalue weighted by Gasteiger charge is 2.37. The summed E-state index contributed by atoms with van der Waals surface area (Å²) in [6, 6.07) is 0.432. The summed E-state index contributed by atoms with van der Waals surface area (Å²) < 4.78 is 12.5. The SMILES string of the molecule is CC1(C)CN(CCF)C(C(C)(C)C)CN1. The van der Waals surface area contributed by atoms with Gasteiger partial charge in [0.15, 0.2) is 0 Å². The van der Waals surface area contributed by atoms with Crippen LogP contribution < -0.4 is 5.32 Å². The Kier molecular flexibility index (Phi) is 3.77. The Labute approximate surface area is 93.2 Å². The van der Waals surface area contributed by atoms with E-state index in [0.29, 0.717) is 12.6 Å². The normalized spacial score (nSPS) is 28.0. The number of alkyl halides is 1. The Balaban J connectivity index is 2.72. The molecule has 15 heavy (non-hydrogen) atoms. The fourth-order valence-electron chi connectivity index (χ4n) is 2.37. The summed E-state index contributed by atoms with van der Waals surface area (Å²) in [4.78, 5) is 2.29. The third kappa shape index (κ3) is 3.42. The van der Waals surface area contributed by atoms with E-state index in [0.717, 1.165) is 13.1 Å². The van der Waals surface area contributed by atoms with E-state index >= 15 is 0 Å². The molecule has 1 aliphatic rings. The lowest BCUT2D eigenvalue weighted by atomic mass is 9.82. The zero-order chi connectivity index (χ0) is 11.7. The van der Waals surface area contributed by atoms with E-state index in [1.165, 1.54) is 0 Å². The Morgan fingerprint density at radius 1 is 1.40 bits per heavy atom. The zero-order valence-electron chi connectivity index (χ0n) is 10.7. The molecule has 1 aliphatic heterocycles. The number of nitrogens with zero attached hydrogens (tertiary/aromatic N) is 1. The average Bonchev–Trinajstić information content (AvgIpc) is 2.00. The van der Waals surface area contributed by atoms with Crippen molar-refractivity contribution >= 4 is 0 Å². The van der Waals surface area contributed by atoms with Crippen molar-refractivity contribution in [2.45, 2.75) is 46.2 Å². The molecule has 0 spiro atoms. The molecule has 0 saturated carbocycles. The van der Waals surface area contributed by atoms with Crippen molar-refractivity contribution in [1.82, 2.24) is 10.2 Å². The molecule has 3 heteroatoms. The van der Waals surface area contributed by atoms with Crippen molar-refractivity contribution in [2.75, 3.05) is 26.3 Å². The lowest BCUT2D eigenvalue weighted by Gasteiger charge is -2.49. The number of nitrogens with one attached hydrogen (secondary N) is 1. The molecule has 90 valence electrons. The van der Waals surface area contributed by atoms with Gasteiger partial charge in [-0.05, 0) is 19.3 Å². The van der Waals surface area contributed by atoms with Gasteiger partial charge in [0.2, 0.25) is 0 Å². The minimum Gasteiger partial charge on any atom is -0.309 e. The van der Waals surface area contributed by atoms with Gasteiger partial charge in [-0.15, -0.1) is 0 Å². The molecule has 1 fully saturated rings. The third-order valence-electron chi connectivity index (χ3n) is 3.18. The van der Waals surface area contributed by atoms with Crippen LogP contribution >= 0.6 is 0 Å². The Bertz CT molecular complexity index is 208. The van der Waals surface area contributed by atoms with E-state index in [1.54, 1.807) is 0 Å². The number of halogens is 1. The zero-order valence-corrected chi connectivity index (χ0v) is 10.7. The maximum absolute atomic E-state index is 12.5. The minimum atomic E-state index is -0.247. The average molecular weight is 216 g/mol. The lowest BCUT2D eigenvalue weighted by molar-refractivity contribution is 0.0294. The van der Waals surface area contributed by atoms with Crippen LogP contribution in [0.1, 0.15) is 34.6 Å². The molecule has 0 aromatic carbocycles. The van der Waals surface area contributed by atoms with Gasteiger partial charge in [0.25, 0.3) is 0 Å². The Hall–Kier alpha value is -0.150. The van der Waals surface area contributed by atoms with Crippen LogP contribution in [0, 0.1) is 5.41 Å². The molecule has 2 nitrogen and oxygen atoms in total. The molecule has 0 aromatic heterocycles. The fourth-order valence-corrected chi connectivity index (χ4v) is 2.37. The van der Waals surface area contributed by atoms with Crippen molar-refractivity contribution in [3.8, 4) is 0 Å². The second-order valence-corrected chi connectivity index (χ2v) is 6.31. The van der Waals surface area contributed by atoms with Gasteiger partial charge < -0.3 is 5.32 Å². The predicted octanol–water partition coefficient (Wildman–Crippen LogP) is 2.05. The maximum Gasteiger partial charge on any atom is 0.102 e. The van der Waals surface area contributed by atoms with E-state index in [1.807, 2.05) is 0 Å². The van der Waals surface area contributed by atoms with Gasteiger partial charge in [0, 0.05) is 31.2 Å². The van der Waals surface area contributed by atoms with E-state index in [2.05, 4.69) is 44.8 Å². The van der Waals surface area contributed by atoms with Crippen LogP contribution in [0.25, 0.3) is 0 Å². The summed E-state index contributed by atoms with van der Waals surface area (Å²) in [5.74, 6) is 0. The molecule has 0 amide bonds. The highest BCUT2D eigenvalue weighted by molar-refractivity contribution is 4.96. The number of hydrogen-bond donors (Lipinski definition) is 1. The number of rotatable bonds is 2. The van der Waals surface area contributed by atoms with Crippen molar-refractivity contribution in [3.63, 3.8) is 0 Å². The van der Waals surface area contributed by atoms with Crippen LogP contribution in [0.2, 0.25) is 0 Å². The van der Waals surface area contributed by atoms with Gasteiger partial charge in [-0.1, -0.05) is 20.8 Å². The molecule has 0 bridgehead atoms. The van der Waals surface area contributed by atoms with E-state index < -0.39 is 0 Å². The highest BCUT2D eigenvalue weighted by atomic mass is 19.1. The van der Waals surface area contributed by atoms with Crippen molar-refractivity contribution in [2.24, 2.45) is 5.41 Å². The van der Waals surface area contributed by atoms with Crippen LogP contribution in [-0.2, 0) is 0 Å². The Morgan fingerprint density at radius 2 is 2.00 bits per heavy atom. The lowest BCUT2D eigenvalue weighted by Crippen LogP contribution is -2.64. The molecule has 1 unspecified atom stereocenters. The molecule has 0 aromatic rings. The molecule has 0 aliphatic carbocycles. The molecule has 1 rings (SSSR count). The molecule has 1 saturated heterocycles. The second-order valence-electron chi connectivity index (χ2n) is 6.31. The van der Waals surface area contributed by atoms with Crippen LogP contribution in [0.5, 0.6) is 0 Å². The first-order valence-corrected chi connectivity index (χ1v) is 5.81. The molecule has 1 atom stereocenters. The molecule has 1 N–H and O–H groups in total. The largest absolute Gasteiger partial charge is 0.309 e. The van der Waals surface area contributed by atoms with Gasteiger partial charge in [-0.25, -0.2) is 4.39 Å². The number of hydrogen-bond acceptors (Lipinski definition) is 2. The van der Waals surface area contributed by atoms with Crippen molar-refractivity contribution in [3.05, 3.63) is 0 Å². The topological polar surface area (TPSA) is 15.3 Å². The number of piperazine rings is 1. The van der Waals surface area contributed by atoms with Gasteiger partial charge in [-0.2, -0.15) is 0 Å². The van der Waals surface area contributed by atoms with E-state index in [9.17, 15) is 4.39 Å². The van der Waals surface area contributed by atoms with Gasteiger partial charge in [0.1, 0.15) is 6.67 Å². The van der Waals surface area contributed by atoms with Crippen LogP contribution in [0.15, 0.2) is 0 Å². The monoisotopic (exact) mass is 216 g/mol. The quantitative estimate of drug-likeness (QED) is 0.760. The first kappa shape index (κ1) is 12.9. The summed E-state index contributed by atoms with van der Waals surface area (Å²) in [6.07, 6.45) is 0. The Morgan fingerprint density at radius 3 is 2.47 bits per heavy atom. The van der Waals surface area contributed by atoms with Crippen LogP contribution in [0.4, 0.5) is 4.39 Å². The molecular weight excluding hydrogens is 191 g/mol. The van der Waals surface area contributed by atoms with Crippen molar-refractivity contribution in [1.29, 1.82) is 0 Å². The maximum atomic E-state index is 12.5.